The van der Waals surface area contributed by atoms with Crippen LogP contribution in [0.2, 0.25) is 5.02 Å². The van der Waals surface area contributed by atoms with Crippen molar-refractivity contribution in [2.45, 2.75) is 30.3 Å². The molecule has 0 saturated heterocycles. The van der Waals surface area contributed by atoms with Crippen LogP contribution in [0.3, 0.4) is 0 Å². The summed E-state index contributed by atoms with van der Waals surface area (Å²) in [6.45, 7) is 2.34. The zero-order valence-corrected chi connectivity index (χ0v) is 23.1. The number of carbonyl (C=O) groups is 1. The van der Waals surface area contributed by atoms with Crippen LogP contribution in [0.4, 0.5) is 5.69 Å². The van der Waals surface area contributed by atoms with Gasteiger partial charge in [0.05, 0.1) is 34.8 Å². The molecule has 1 aromatic heterocycles. The lowest BCUT2D eigenvalue weighted by Crippen LogP contribution is -2.28. The van der Waals surface area contributed by atoms with E-state index in [-0.39, 0.29) is 31.6 Å². The van der Waals surface area contributed by atoms with Gasteiger partial charge < -0.3 is 29.0 Å². The number of nitrogens with zero attached hydrogens (tertiary/aromatic N) is 2. The van der Waals surface area contributed by atoms with Gasteiger partial charge in [0.15, 0.2) is 28.2 Å². The van der Waals surface area contributed by atoms with Gasteiger partial charge in [-0.1, -0.05) is 36.4 Å². The van der Waals surface area contributed by atoms with Crippen molar-refractivity contribution in [3.8, 4) is 28.7 Å². The first-order valence-corrected chi connectivity index (χ1v) is 13.7. The Balaban J connectivity index is 1.36. The zero-order chi connectivity index (χ0) is 27.8. The summed E-state index contributed by atoms with van der Waals surface area (Å²) in [5.41, 5.74) is 1.55. The molecule has 0 spiro atoms. The predicted octanol–water partition coefficient (Wildman–Crippen LogP) is 5.07. The van der Waals surface area contributed by atoms with E-state index >= 15 is 0 Å². The lowest BCUT2D eigenvalue weighted by atomic mass is 10.2. The summed E-state index contributed by atoms with van der Waals surface area (Å²) in [4.78, 5) is 32.0. The van der Waals surface area contributed by atoms with E-state index < -0.39 is 5.25 Å². The molecule has 4 aromatic rings. The summed E-state index contributed by atoms with van der Waals surface area (Å²) in [7, 11) is 1.52. The van der Waals surface area contributed by atoms with Crippen LogP contribution in [-0.2, 0) is 11.3 Å². The number of anilines is 1. The topological polar surface area (TPSA) is 110 Å². The number of hydrogen-bond donors (Lipinski definition) is 1. The van der Waals surface area contributed by atoms with Gasteiger partial charge >= 0.3 is 0 Å². The highest BCUT2D eigenvalue weighted by Gasteiger charge is 2.25. The quantitative estimate of drug-likeness (QED) is 0.225. The summed E-state index contributed by atoms with van der Waals surface area (Å²) >= 11 is 7.45. The minimum atomic E-state index is -0.553. The molecular formula is C28H24ClN3O7S. The van der Waals surface area contributed by atoms with Crippen molar-refractivity contribution in [3.05, 3.63) is 69.5 Å². The summed E-state index contributed by atoms with van der Waals surface area (Å²) < 4.78 is 28.7. The molecule has 40 heavy (non-hydrogen) atoms. The Morgan fingerprint density at radius 1 is 1.05 bits per heavy atom. The van der Waals surface area contributed by atoms with Gasteiger partial charge in [0.2, 0.25) is 19.5 Å². The fraction of sp³-hybridized carbons (Fsp3) is 0.250. The number of hydrogen-bond acceptors (Lipinski definition) is 9. The minimum Gasteiger partial charge on any atom is -0.495 e. The largest absolute Gasteiger partial charge is 0.495 e. The highest BCUT2D eigenvalue weighted by Crippen LogP contribution is 2.37. The maximum atomic E-state index is 13.8. The number of rotatable bonds is 8. The Bertz CT molecular complexity index is 1690. The van der Waals surface area contributed by atoms with Crippen molar-refractivity contribution >= 4 is 45.9 Å². The van der Waals surface area contributed by atoms with Crippen molar-refractivity contribution in [1.29, 1.82) is 0 Å². The second-order valence-electron chi connectivity index (χ2n) is 9.05. The van der Waals surface area contributed by atoms with Crippen LogP contribution in [-0.4, -0.2) is 41.4 Å². The summed E-state index contributed by atoms with van der Waals surface area (Å²) in [5, 5.41) is 3.52. The van der Waals surface area contributed by atoms with E-state index in [1.165, 1.54) is 18.9 Å². The molecule has 1 amide bonds. The van der Waals surface area contributed by atoms with Crippen LogP contribution in [0, 0.1) is 0 Å². The maximum Gasteiger partial charge on any atom is 0.262 e. The van der Waals surface area contributed by atoms with E-state index in [1.54, 1.807) is 34.9 Å². The van der Waals surface area contributed by atoms with Gasteiger partial charge in [0.1, 0.15) is 5.75 Å². The van der Waals surface area contributed by atoms with Crippen molar-refractivity contribution in [3.63, 3.8) is 0 Å². The molecule has 0 bridgehead atoms. The second kappa shape index (κ2) is 10.8. The monoisotopic (exact) mass is 581 g/mol. The number of thioether (sulfide) groups is 1. The molecule has 10 nitrogen and oxygen atoms in total. The van der Waals surface area contributed by atoms with Crippen LogP contribution < -0.4 is 34.6 Å². The molecule has 3 heterocycles. The normalized spacial score (nSPS) is 13.9. The smallest absolute Gasteiger partial charge is 0.262 e. The second-order valence-corrected chi connectivity index (χ2v) is 10.6. The molecule has 0 aliphatic carbocycles. The third-order valence-electron chi connectivity index (χ3n) is 6.52. The summed E-state index contributed by atoms with van der Waals surface area (Å²) in [6.07, 6.45) is 0.486. The Morgan fingerprint density at radius 3 is 2.50 bits per heavy atom. The standard InChI is InChI=1S/C28H24ClN3O7S/c1-3-25(26(33)30-16-5-7-20(35-2)18(29)9-16)40-28-31-19-11-24-23(38-14-39-24)10-17(19)27(34)32(28)12-15-4-6-21-22(8-15)37-13-36-21/h4-11,25H,3,12-14H2,1-2H3,(H,30,33)/t25-/m1/s1. The van der Waals surface area contributed by atoms with Crippen LogP contribution in [0.15, 0.2) is 58.5 Å². The number of fused-ring (bicyclic) bond motifs is 3. The lowest BCUT2D eigenvalue weighted by Gasteiger charge is -2.18. The van der Waals surface area contributed by atoms with Crippen molar-refractivity contribution < 1.29 is 28.5 Å². The van der Waals surface area contributed by atoms with E-state index in [9.17, 15) is 9.59 Å². The van der Waals surface area contributed by atoms with E-state index in [4.69, 9.17) is 40.3 Å². The highest BCUT2D eigenvalue weighted by molar-refractivity contribution is 8.00. The van der Waals surface area contributed by atoms with E-state index in [2.05, 4.69) is 5.32 Å². The fourth-order valence-electron chi connectivity index (χ4n) is 4.46. The van der Waals surface area contributed by atoms with Gasteiger partial charge in [-0.05, 0) is 48.4 Å². The van der Waals surface area contributed by atoms with Crippen LogP contribution in [0.1, 0.15) is 18.9 Å². The van der Waals surface area contributed by atoms with Crippen LogP contribution in [0.25, 0.3) is 10.9 Å². The van der Waals surface area contributed by atoms with Gasteiger partial charge in [0.25, 0.3) is 5.56 Å². The minimum absolute atomic E-state index is 0.0755. The SMILES string of the molecule is CC[C@@H](Sc1nc2cc3c(cc2c(=O)n1Cc1ccc2c(c1)OCO2)OCO3)C(=O)Nc1ccc(OC)c(Cl)c1. The molecule has 0 unspecified atom stereocenters. The van der Waals surface area contributed by atoms with Gasteiger partial charge in [-0.15, -0.1) is 0 Å². The molecule has 1 N–H and O–H groups in total. The van der Waals surface area contributed by atoms with Crippen molar-refractivity contribution in [2.24, 2.45) is 0 Å². The molecule has 3 aromatic carbocycles. The predicted molar refractivity (Wildman–Crippen MR) is 150 cm³/mol. The van der Waals surface area contributed by atoms with Gasteiger partial charge in [-0.3, -0.25) is 14.2 Å². The first-order valence-electron chi connectivity index (χ1n) is 12.5. The summed E-state index contributed by atoms with van der Waals surface area (Å²) in [6, 6.07) is 13.9. The molecule has 0 fully saturated rings. The average molecular weight is 582 g/mol. The zero-order valence-electron chi connectivity index (χ0n) is 21.6. The molecule has 2 aliphatic heterocycles. The van der Waals surface area contributed by atoms with Crippen molar-refractivity contribution in [1.82, 2.24) is 9.55 Å². The number of methoxy groups -OCH3 is 1. The molecule has 1 atom stereocenters. The number of benzene rings is 3. The Labute approximate surface area is 238 Å². The lowest BCUT2D eigenvalue weighted by molar-refractivity contribution is -0.115. The third kappa shape index (κ3) is 4.98. The van der Waals surface area contributed by atoms with E-state index in [1.807, 2.05) is 25.1 Å². The molecule has 0 saturated carbocycles. The molecular weight excluding hydrogens is 558 g/mol. The fourth-order valence-corrected chi connectivity index (χ4v) is 5.73. The highest BCUT2D eigenvalue weighted by atomic mass is 35.5. The third-order valence-corrected chi connectivity index (χ3v) is 8.17. The van der Waals surface area contributed by atoms with Crippen LogP contribution >= 0.6 is 23.4 Å². The molecule has 0 radical (unpaired) electrons. The van der Waals surface area contributed by atoms with Crippen molar-refractivity contribution in [2.75, 3.05) is 26.0 Å². The molecule has 12 heteroatoms. The van der Waals surface area contributed by atoms with Gasteiger partial charge in [0, 0.05) is 11.8 Å². The average Bonchev–Trinajstić information content (AvgIpc) is 3.61. The summed E-state index contributed by atoms with van der Waals surface area (Å²) in [5.74, 6) is 2.53. The Hall–Kier alpha value is -4.09. The molecule has 206 valence electrons. The Kier molecular flexibility index (Phi) is 7.07. The first kappa shape index (κ1) is 26.1. The number of amides is 1. The molecule has 2 aliphatic rings. The first-order chi connectivity index (χ1) is 19.4. The van der Waals surface area contributed by atoms with Gasteiger partial charge in [-0.25, -0.2) is 4.98 Å². The van der Waals surface area contributed by atoms with E-state index in [0.29, 0.717) is 61.9 Å². The number of halogens is 1. The van der Waals surface area contributed by atoms with Gasteiger partial charge in [-0.2, -0.15) is 0 Å². The maximum absolute atomic E-state index is 13.8. The number of nitrogens with one attached hydrogen (secondary N) is 1. The van der Waals surface area contributed by atoms with Crippen LogP contribution in [0.5, 0.6) is 28.7 Å². The van der Waals surface area contributed by atoms with E-state index in [0.717, 1.165) is 5.56 Å². The molecule has 6 rings (SSSR count). The number of ether oxygens (including phenoxy) is 5. The number of aromatic nitrogens is 2. The number of carbonyl (C=O) groups excluding carboxylic acids is 1. The Morgan fingerprint density at radius 2 is 1.77 bits per heavy atom.